The fourth-order valence-corrected chi connectivity index (χ4v) is 6.51. The Morgan fingerprint density at radius 2 is 1.76 bits per heavy atom. The number of cyclic esters (lactones) is 1. The van der Waals surface area contributed by atoms with Gasteiger partial charge in [-0.15, -0.1) is 0 Å². The number of esters is 1. The van der Waals surface area contributed by atoms with Gasteiger partial charge >= 0.3 is 5.97 Å². The van der Waals surface area contributed by atoms with Gasteiger partial charge < -0.3 is 24.6 Å². The topological polar surface area (TPSA) is 111 Å². The first-order chi connectivity index (χ1) is 21.0. The van der Waals surface area contributed by atoms with Crippen LogP contribution >= 0.6 is 0 Å². The zero-order valence-corrected chi connectivity index (χ0v) is 28.1. The summed E-state index contributed by atoms with van der Waals surface area (Å²) in [6.45, 7) is 14.6. The van der Waals surface area contributed by atoms with Crippen molar-refractivity contribution < 1.29 is 38.1 Å². The molecule has 0 fully saturated rings. The highest BCUT2D eigenvalue weighted by atomic mass is 19.1. The number of rotatable bonds is 4. The average molecular weight is 628 g/mol. The number of aliphatic hydroxyl groups is 1. The Kier molecular flexibility index (Phi) is 11.7. The van der Waals surface area contributed by atoms with Gasteiger partial charge in [-0.25, -0.2) is 9.18 Å². The first kappa shape index (κ1) is 36.3. The minimum atomic E-state index is -2.95. The van der Waals surface area contributed by atoms with E-state index in [1.165, 1.54) is 13.8 Å². The smallest absolute Gasteiger partial charge is 0.351 e. The van der Waals surface area contributed by atoms with Gasteiger partial charge in [0.1, 0.15) is 17.8 Å². The molecule has 0 aromatic heterocycles. The van der Waals surface area contributed by atoms with Crippen molar-refractivity contribution in [3.63, 3.8) is 0 Å². The number of carbonyl (C=O) groups is 3. The number of ketones is 1. The second kappa shape index (κ2) is 14.5. The molecule has 45 heavy (non-hydrogen) atoms. The van der Waals surface area contributed by atoms with Crippen LogP contribution in [0.2, 0.25) is 0 Å². The fourth-order valence-electron chi connectivity index (χ4n) is 6.51. The standard InChI is InChI=1S/C36H50FNO7/c1-10-29-36(9,42)32-24(4)30(38-26(6)39)22(2)19-34(7,25(5)23(3)31(40)35(8,37)33(41)45-29)44-21-28(20-43-32)18-14-17-27-15-12-11-13-16-27/h11-18,22-23,25,29,32,42H,10,19-21H2,1-9H3,(H,38,39)/b17-14?,28-18?,30-24+/t22-,23-,25-,29-,32-,34-,35+,36-/m1/s1. The average Bonchev–Trinajstić information content (AvgIpc) is 3.00. The van der Waals surface area contributed by atoms with Gasteiger partial charge in [0, 0.05) is 18.5 Å². The number of Topliss-reactive ketones (excluding diaryl/α,β-unsaturated/α-hetero) is 1. The Morgan fingerprint density at radius 1 is 1.11 bits per heavy atom. The van der Waals surface area contributed by atoms with Crippen molar-refractivity contribution in [3.05, 3.63) is 64.9 Å². The van der Waals surface area contributed by atoms with Gasteiger partial charge in [-0.1, -0.05) is 76.3 Å². The van der Waals surface area contributed by atoms with Crippen molar-refractivity contribution in [2.45, 2.75) is 104 Å². The number of benzene rings is 1. The Labute approximate surface area is 267 Å². The lowest BCUT2D eigenvalue weighted by molar-refractivity contribution is -0.191. The van der Waals surface area contributed by atoms with Crippen LogP contribution < -0.4 is 5.32 Å². The second-order valence-electron chi connectivity index (χ2n) is 13.2. The summed E-state index contributed by atoms with van der Waals surface area (Å²) >= 11 is 0. The summed E-state index contributed by atoms with van der Waals surface area (Å²) in [5.41, 5.74) is -3.02. The van der Waals surface area contributed by atoms with Crippen molar-refractivity contribution in [1.29, 1.82) is 0 Å². The van der Waals surface area contributed by atoms with E-state index in [0.29, 0.717) is 17.7 Å². The molecule has 8 nitrogen and oxygen atoms in total. The Bertz CT molecular complexity index is 1330. The monoisotopic (exact) mass is 627 g/mol. The van der Waals surface area contributed by atoms with Crippen LogP contribution in [0.15, 0.2) is 59.3 Å². The van der Waals surface area contributed by atoms with E-state index in [1.807, 2.05) is 69.3 Å². The third-order valence-corrected chi connectivity index (χ3v) is 9.55. The van der Waals surface area contributed by atoms with Crippen LogP contribution in [0, 0.1) is 17.8 Å². The van der Waals surface area contributed by atoms with E-state index in [2.05, 4.69) is 5.32 Å². The van der Waals surface area contributed by atoms with E-state index in [4.69, 9.17) is 14.2 Å². The van der Waals surface area contributed by atoms with Gasteiger partial charge in [0.25, 0.3) is 5.67 Å². The highest BCUT2D eigenvalue weighted by Crippen LogP contribution is 2.41. The predicted molar refractivity (Wildman–Crippen MR) is 172 cm³/mol. The van der Waals surface area contributed by atoms with E-state index in [1.54, 1.807) is 20.8 Å². The number of hydrogen-bond acceptors (Lipinski definition) is 7. The maximum atomic E-state index is 16.1. The molecule has 2 aliphatic heterocycles. The van der Waals surface area contributed by atoms with Crippen molar-refractivity contribution in [2.24, 2.45) is 17.8 Å². The van der Waals surface area contributed by atoms with Crippen LogP contribution in [0.4, 0.5) is 4.39 Å². The number of allylic oxidation sites excluding steroid dienone is 3. The van der Waals surface area contributed by atoms with E-state index < -0.39 is 52.7 Å². The Hall–Kier alpha value is -3.14. The summed E-state index contributed by atoms with van der Waals surface area (Å²) in [7, 11) is 0. The van der Waals surface area contributed by atoms with Crippen molar-refractivity contribution in [3.8, 4) is 0 Å². The maximum absolute atomic E-state index is 16.1. The third-order valence-electron chi connectivity index (χ3n) is 9.55. The van der Waals surface area contributed by atoms with Gasteiger partial charge in [-0.3, -0.25) is 9.59 Å². The van der Waals surface area contributed by atoms with Gasteiger partial charge in [-0.05, 0) is 69.1 Å². The summed E-state index contributed by atoms with van der Waals surface area (Å²) in [6, 6.07) is 9.80. The molecule has 248 valence electrons. The number of hydrogen-bond donors (Lipinski definition) is 2. The zero-order chi connectivity index (χ0) is 33.7. The molecule has 2 heterocycles. The van der Waals surface area contributed by atoms with E-state index in [9.17, 15) is 19.5 Å². The maximum Gasteiger partial charge on any atom is 0.351 e. The lowest BCUT2D eigenvalue weighted by atomic mass is 9.72. The van der Waals surface area contributed by atoms with Crippen molar-refractivity contribution in [1.82, 2.24) is 5.32 Å². The third kappa shape index (κ3) is 8.18. The number of amides is 1. The number of halogens is 1. The van der Waals surface area contributed by atoms with E-state index >= 15 is 4.39 Å². The van der Waals surface area contributed by atoms with E-state index in [-0.39, 0.29) is 31.5 Å². The minimum absolute atomic E-state index is 0.0309. The first-order valence-electron chi connectivity index (χ1n) is 15.8. The molecule has 3 rings (SSSR count). The molecule has 0 aliphatic carbocycles. The SMILES string of the molecule is CC[C@H]1OC(=O)[C@@](C)(F)C(=O)[C@H](C)[C@@H](C)[C@@]2(C)C[C@@H](C)/C(NC(C)=O)=C(/C)[C@@H](OCC(=CC=Cc3ccccc3)CO2)[C@]1(C)O. The molecule has 2 aliphatic rings. The summed E-state index contributed by atoms with van der Waals surface area (Å²) < 4.78 is 34.8. The molecule has 1 aromatic carbocycles. The second-order valence-corrected chi connectivity index (χ2v) is 13.2. The highest BCUT2D eigenvalue weighted by molar-refractivity contribution is 6.07. The summed E-state index contributed by atoms with van der Waals surface area (Å²) in [5.74, 6) is -4.43. The van der Waals surface area contributed by atoms with E-state index in [0.717, 1.165) is 18.1 Å². The number of ether oxygens (including phenoxy) is 3. The van der Waals surface area contributed by atoms with Gasteiger partial charge in [0.05, 0.1) is 18.8 Å². The molecule has 2 bridgehead atoms. The lowest BCUT2D eigenvalue weighted by Gasteiger charge is -2.43. The van der Waals surface area contributed by atoms with Gasteiger partial charge in [0.15, 0.2) is 5.78 Å². The van der Waals surface area contributed by atoms with Crippen LogP contribution in [0.3, 0.4) is 0 Å². The fraction of sp³-hybridized carbons (Fsp3) is 0.583. The van der Waals surface area contributed by atoms with Crippen molar-refractivity contribution >= 4 is 23.7 Å². The molecule has 0 radical (unpaired) electrons. The molecule has 1 amide bonds. The van der Waals surface area contributed by atoms with Crippen LogP contribution in [-0.2, 0) is 28.6 Å². The van der Waals surface area contributed by atoms with Gasteiger partial charge in [0.2, 0.25) is 5.91 Å². The predicted octanol–water partition coefficient (Wildman–Crippen LogP) is 5.89. The highest BCUT2D eigenvalue weighted by Gasteiger charge is 2.53. The molecule has 0 saturated heterocycles. The molecule has 0 spiro atoms. The quantitative estimate of drug-likeness (QED) is 0.316. The van der Waals surface area contributed by atoms with Crippen LogP contribution in [-0.4, -0.2) is 65.1 Å². The van der Waals surface area contributed by atoms with Crippen LogP contribution in [0.1, 0.15) is 80.7 Å². The summed E-state index contributed by atoms with van der Waals surface area (Å²) in [4.78, 5) is 39.4. The molecule has 9 heteroatoms. The van der Waals surface area contributed by atoms with Gasteiger partial charge in [-0.2, -0.15) is 0 Å². The molecule has 2 N–H and O–H groups in total. The zero-order valence-electron chi connectivity index (χ0n) is 28.1. The van der Waals surface area contributed by atoms with Crippen LogP contribution in [0.5, 0.6) is 0 Å². The Balaban J connectivity index is 2.30. The minimum Gasteiger partial charge on any atom is -0.457 e. The lowest BCUT2D eigenvalue weighted by Crippen LogP contribution is -2.56. The number of alkyl halides is 1. The molecule has 8 atom stereocenters. The molecular weight excluding hydrogens is 577 g/mol. The molecule has 0 unspecified atom stereocenters. The first-order valence-corrected chi connectivity index (χ1v) is 15.8. The Morgan fingerprint density at radius 3 is 2.36 bits per heavy atom. The number of nitrogens with one attached hydrogen (secondary N) is 1. The summed E-state index contributed by atoms with van der Waals surface area (Å²) in [6.07, 6.45) is 3.85. The molecular formula is C36H50FNO7. The largest absolute Gasteiger partial charge is 0.457 e. The normalized spacial score (nSPS) is 38.3. The number of fused-ring (bicyclic) bond motifs is 4. The molecule has 1 aromatic rings. The number of carbonyl (C=O) groups excluding carboxylic acids is 3. The molecule has 0 saturated carbocycles. The van der Waals surface area contributed by atoms with Crippen LogP contribution in [0.25, 0.3) is 6.08 Å². The summed E-state index contributed by atoms with van der Waals surface area (Å²) in [5, 5.41) is 15.1. The van der Waals surface area contributed by atoms with Crippen molar-refractivity contribution in [2.75, 3.05) is 13.2 Å².